The highest BCUT2D eigenvalue weighted by molar-refractivity contribution is 7.89. The van der Waals surface area contributed by atoms with Gasteiger partial charge in [-0.1, -0.05) is 29.8 Å². The first-order valence-corrected chi connectivity index (χ1v) is 13.3. The maximum absolute atomic E-state index is 12.4. The van der Waals surface area contributed by atoms with Crippen molar-refractivity contribution in [3.63, 3.8) is 0 Å². The third-order valence-electron chi connectivity index (χ3n) is 5.61. The van der Waals surface area contributed by atoms with E-state index in [9.17, 15) is 13.2 Å². The zero-order valence-electron chi connectivity index (χ0n) is 19.7. The quantitative estimate of drug-likeness (QED) is 0.267. The zero-order valence-corrected chi connectivity index (χ0v) is 21.3. The molecular weight excluding hydrogens is 518 g/mol. The number of aromatic nitrogens is 1. The van der Waals surface area contributed by atoms with Crippen LogP contribution in [0.2, 0.25) is 5.02 Å². The minimum absolute atomic E-state index is 0.149. The molecule has 0 saturated carbocycles. The van der Waals surface area contributed by atoms with Gasteiger partial charge in [-0.2, -0.15) is 0 Å². The Morgan fingerprint density at radius 2 is 1.70 bits per heavy atom. The van der Waals surface area contributed by atoms with Crippen LogP contribution >= 0.6 is 11.6 Å². The van der Waals surface area contributed by atoms with E-state index in [2.05, 4.69) is 9.71 Å². The van der Waals surface area contributed by atoms with Crippen LogP contribution in [0.4, 0.5) is 5.82 Å². The molecule has 2 heterocycles. The van der Waals surface area contributed by atoms with Gasteiger partial charge in [-0.15, -0.1) is 0 Å². The summed E-state index contributed by atoms with van der Waals surface area (Å²) >= 11 is 5.83. The normalized spacial score (nSPS) is 15.5. The number of anilines is 1. The molecule has 1 aliphatic heterocycles. The third kappa shape index (κ3) is 6.80. The van der Waals surface area contributed by atoms with Crippen molar-refractivity contribution in [2.24, 2.45) is 0 Å². The first-order valence-electron chi connectivity index (χ1n) is 11.5. The molecule has 5 N–H and O–H groups in total. The molecule has 3 aromatic carbocycles. The van der Waals surface area contributed by atoms with Crippen molar-refractivity contribution in [2.45, 2.75) is 23.8 Å². The number of ether oxygens (including phenoxy) is 2. The second-order valence-electron chi connectivity index (χ2n) is 8.33. The van der Waals surface area contributed by atoms with E-state index in [1.54, 1.807) is 54.6 Å². The number of carboxylic acid groups (broad SMARTS) is 1. The van der Waals surface area contributed by atoms with Gasteiger partial charge in [0.1, 0.15) is 22.9 Å². The molecule has 1 atom stereocenters. The van der Waals surface area contributed by atoms with E-state index >= 15 is 0 Å². The number of benzene rings is 3. The van der Waals surface area contributed by atoms with Gasteiger partial charge in [0.25, 0.3) is 0 Å². The van der Waals surface area contributed by atoms with Crippen molar-refractivity contribution in [2.75, 3.05) is 18.9 Å². The predicted octanol–water partition coefficient (Wildman–Crippen LogP) is 5.04. The van der Waals surface area contributed by atoms with Crippen molar-refractivity contribution in [3.8, 4) is 11.5 Å². The number of nitrogens with two attached hydrogens (primary N) is 1. The fourth-order valence-corrected chi connectivity index (χ4v) is 5.22. The molecular formula is C26H26ClN3O6S. The monoisotopic (exact) mass is 543 g/mol. The van der Waals surface area contributed by atoms with E-state index in [1.807, 2.05) is 6.07 Å². The highest BCUT2D eigenvalue weighted by atomic mass is 35.5. The Morgan fingerprint density at radius 3 is 2.32 bits per heavy atom. The molecule has 37 heavy (non-hydrogen) atoms. The van der Waals surface area contributed by atoms with Gasteiger partial charge in [0.15, 0.2) is 0 Å². The van der Waals surface area contributed by atoms with Crippen LogP contribution in [0.1, 0.15) is 23.2 Å². The SMILES string of the molecule is Nc1[nH]c2ccccc2c1C(=O)O.O=S(=O)(NC1CCCOC1)c1ccc(Oc2ccc(Cl)cc2)cc1. The van der Waals surface area contributed by atoms with Crippen molar-refractivity contribution in [1.82, 2.24) is 9.71 Å². The lowest BCUT2D eigenvalue weighted by molar-refractivity contribution is 0.0700. The van der Waals surface area contributed by atoms with E-state index in [0.29, 0.717) is 35.1 Å². The van der Waals surface area contributed by atoms with Crippen molar-refractivity contribution < 1.29 is 27.8 Å². The molecule has 0 radical (unpaired) electrons. The van der Waals surface area contributed by atoms with Gasteiger partial charge in [0.2, 0.25) is 10.0 Å². The molecule has 1 aliphatic rings. The summed E-state index contributed by atoms with van der Waals surface area (Å²) in [5.74, 6) is 0.383. The highest BCUT2D eigenvalue weighted by Crippen LogP contribution is 2.25. The standard InChI is InChI=1S/C17H18ClNO4S.C9H8N2O2/c18-13-3-5-15(6-4-13)23-16-7-9-17(10-8-16)24(20,21)19-14-2-1-11-22-12-14;10-8-7(9(12)13)5-3-1-2-4-6(5)11-8/h3-10,14,19H,1-2,11-12H2;1-4,11H,10H2,(H,12,13). The first-order chi connectivity index (χ1) is 17.7. The van der Waals surface area contributed by atoms with Gasteiger partial charge >= 0.3 is 5.97 Å². The maximum atomic E-state index is 12.4. The fraction of sp³-hybridized carbons (Fsp3) is 0.192. The third-order valence-corrected chi connectivity index (χ3v) is 7.40. The molecule has 1 unspecified atom stereocenters. The number of para-hydroxylation sites is 1. The van der Waals surface area contributed by atoms with E-state index in [4.69, 9.17) is 31.9 Å². The Labute approximate surface area is 219 Å². The van der Waals surface area contributed by atoms with Crippen molar-refractivity contribution >= 4 is 44.3 Å². The molecule has 1 saturated heterocycles. The van der Waals surface area contributed by atoms with Crippen LogP contribution in [0.25, 0.3) is 10.9 Å². The molecule has 4 aromatic rings. The summed E-state index contributed by atoms with van der Waals surface area (Å²) in [7, 11) is -3.56. The number of halogens is 1. The average Bonchev–Trinajstić information content (AvgIpc) is 3.22. The van der Waals surface area contributed by atoms with Crippen LogP contribution in [-0.2, 0) is 14.8 Å². The summed E-state index contributed by atoms with van der Waals surface area (Å²) in [5, 5.41) is 10.1. The maximum Gasteiger partial charge on any atom is 0.340 e. The number of nitrogens with one attached hydrogen (secondary N) is 2. The molecule has 0 bridgehead atoms. The average molecular weight is 544 g/mol. The lowest BCUT2D eigenvalue weighted by Gasteiger charge is -2.23. The summed E-state index contributed by atoms with van der Waals surface area (Å²) in [6, 6.07) is 20.2. The van der Waals surface area contributed by atoms with Crippen LogP contribution in [0.5, 0.6) is 11.5 Å². The summed E-state index contributed by atoms with van der Waals surface area (Å²) in [5.41, 5.74) is 6.41. The van der Waals surface area contributed by atoms with Gasteiger partial charge in [-0.05, 0) is 67.4 Å². The Morgan fingerprint density at radius 1 is 1.05 bits per heavy atom. The minimum atomic E-state index is -3.56. The number of rotatable bonds is 6. The molecule has 0 spiro atoms. The number of hydrogen-bond donors (Lipinski definition) is 4. The van der Waals surface area contributed by atoms with E-state index in [0.717, 1.165) is 18.4 Å². The van der Waals surface area contributed by atoms with Crippen LogP contribution in [-0.4, -0.2) is 43.7 Å². The summed E-state index contributed by atoms with van der Waals surface area (Å²) in [4.78, 5) is 13.8. The lowest BCUT2D eigenvalue weighted by atomic mass is 10.1. The van der Waals surface area contributed by atoms with E-state index < -0.39 is 16.0 Å². The number of carbonyl (C=O) groups is 1. The van der Waals surface area contributed by atoms with Gasteiger partial charge in [0.05, 0.1) is 11.5 Å². The van der Waals surface area contributed by atoms with Gasteiger partial charge < -0.3 is 25.3 Å². The number of fused-ring (bicyclic) bond motifs is 1. The summed E-state index contributed by atoms with van der Waals surface area (Å²) < 4.78 is 38.4. The predicted molar refractivity (Wildman–Crippen MR) is 142 cm³/mol. The molecule has 0 amide bonds. The summed E-state index contributed by atoms with van der Waals surface area (Å²) in [6.07, 6.45) is 1.65. The number of carboxylic acids is 1. The van der Waals surface area contributed by atoms with E-state index in [-0.39, 0.29) is 22.3 Å². The first kappa shape index (κ1) is 26.5. The zero-order chi connectivity index (χ0) is 26.4. The molecule has 5 rings (SSSR count). The van der Waals surface area contributed by atoms with Gasteiger partial charge in [-0.3, -0.25) is 0 Å². The number of sulfonamides is 1. The fourth-order valence-electron chi connectivity index (χ4n) is 3.84. The molecule has 1 aromatic heterocycles. The van der Waals surface area contributed by atoms with E-state index in [1.165, 1.54) is 12.1 Å². The second kappa shape index (κ2) is 11.7. The topological polar surface area (TPSA) is 144 Å². The van der Waals surface area contributed by atoms with Crippen molar-refractivity contribution in [3.05, 3.63) is 83.4 Å². The molecule has 11 heteroatoms. The Bertz CT molecular complexity index is 1460. The molecule has 0 aliphatic carbocycles. The molecule has 9 nitrogen and oxygen atoms in total. The van der Waals surface area contributed by atoms with Gasteiger partial charge in [0, 0.05) is 28.6 Å². The Kier molecular flexibility index (Phi) is 8.34. The van der Waals surface area contributed by atoms with Crippen LogP contribution in [0.15, 0.2) is 77.7 Å². The number of nitrogen functional groups attached to an aromatic ring is 1. The Hall–Kier alpha value is -3.57. The number of aromatic amines is 1. The number of aromatic carboxylic acids is 1. The lowest BCUT2D eigenvalue weighted by Crippen LogP contribution is -2.40. The smallest absolute Gasteiger partial charge is 0.340 e. The van der Waals surface area contributed by atoms with Crippen LogP contribution < -0.4 is 15.2 Å². The highest BCUT2D eigenvalue weighted by Gasteiger charge is 2.22. The summed E-state index contributed by atoms with van der Waals surface area (Å²) in [6.45, 7) is 1.10. The Balaban J connectivity index is 0.000000207. The molecule has 194 valence electrons. The van der Waals surface area contributed by atoms with Crippen molar-refractivity contribution in [1.29, 1.82) is 0 Å². The minimum Gasteiger partial charge on any atom is -0.478 e. The second-order valence-corrected chi connectivity index (χ2v) is 10.5. The molecule has 1 fully saturated rings. The number of hydrogen-bond acceptors (Lipinski definition) is 6. The largest absolute Gasteiger partial charge is 0.478 e. The van der Waals surface area contributed by atoms with Crippen LogP contribution in [0.3, 0.4) is 0 Å². The van der Waals surface area contributed by atoms with Gasteiger partial charge in [-0.25, -0.2) is 17.9 Å². The number of H-pyrrole nitrogens is 1. The van der Waals surface area contributed by atoms with Crippen LogP contribution in [0, 0.1) is 0 Å².